The van der Waals surface area contributed by atoms with Gasteiger partial charge in [0.2, 0.25) is 5.91 Å². The highest BCUT2D eigenvalue weighted by Gasteiger charge is 2.05. The summed E-state index contributed by atoms with van der Waals surface area (Å²) in [5.74, 6) is 0.228. The van der Waals surface area contributed by atoms with Crippen LogP contribution in [0.4, 0.5) is 0 Å². The van der Waals surface area contributed by atoms with E-state index in [2.05, 4.69) is 25.9 Å². The van der Waals surface area contributed by atoms with Crippen LogP contribution in [-0.2, 0) is 11.2 Å². The molecule has 0 aliphatic rings. The van der Waals surface area contributed by atoms with Gasteiger partial charge in [-0.2, -0.15) is 5.21 Å². The zero-order valence-corrected chi connectivity index (χ0v) is 6.45. The largest absolute Gasteiger partial charge is 0.354 e. The molecule has 7 heteroatoms. The second-order valence-electron chi connectivity index (χ2n) is 2.14. The number of rotatable bonds is 4. The number of tetrazole rings is 1. The quantitative estimate of drug-likeness (QED) is 0.475. The standard InChI is InChI=1S/C5H10N6O/c6-1-2-7-5(12)3-4-8-10-11-9-4/h1-3,6H2,(H,7,12)(H,8,9,10,11). The summed E-state index contributed by atoms with van der Waals surface area (Å²) in [5.41, 5.74) is 5.19. The molecule has 66 valence electrons. The van der Waals surface area contributed by atoms with Crippen LogP contribution < -0.4 is 11.1 Å². The minimum absolute atomic E-state index is 0.135. The van der Waals surface area contributed by atoms with Gasteiger partial charge in [-0.1, -0.05) is 5.21 Å². The van der Waals surface area contributed by atoms with E-state index >= 15 is 0 Å². The van der Waals surface area contributed by atoms with Crippen LogP contribution in [-0.4, -0.2) is 39.6 Å². The van der Waals surface area contributed by atoms with E-state index < -0.39 is 0 Å². The number of nitrogens with one attached hydrogen (secondary N) is 2. The molecule has 1 heterocycles. The Labute approximate surface area is 68.7 Å². The fraction of sp³-hybridized carbons (Fsp3) is 0.600. The van der Waals surface area contributed by atoms with Gasteiger partial charge in [0.1, 0.15) is 0 Å². The molecule has 1 aromatic rings. The van der Waals surface area contributed by atoms with Gasteiger partial charge in [0.05, 0.1) is 6.42 Å². The normalized spacial score (nSPS) is 9.75. The molecule has 0 saturated heterocycles. The average molecular weight is 170 g/mol. The second-order valence-corrected chi connectivity index (χ2v) is 2.14. The fourth-order valence-electron chi connectivity index (χ4n) is 0.675. The van der Waals surface area contributed by atoms with Crippen molar-refractivity contribution >= 4 is 5.91 Å². The molecular formula is C5H10N6O. The van der Waals surface area contributed by atoms with E-state index in [1.165, 1.54) is 0 Å². The summed E-state index contributed by atoms with van der Waals surface area (Å²) >= 11 is 0. The number of amides is 1. The predicted molar refractivity (Wildman–Crippen MR) is 39.9 cm³/mol. The van der Waals surface area contributed by atoms with Gasteiger partial charge in [0.15, 0.2) is 5.82 Å². The molecule has 0 aliphatic heterocycles. The van der Waals surface area contributed by atoms with Crippen LogP contribution in [0, 0.1) is 0 Å². The lowest BCUT2D eigenvalue weighted by atomic mass is 10.4. The van der Waals surface area contributed by atoms with E-state index in [0.29, 0.717) is 18.9 Å². The predicted octanol–water partition coefficient (Wildman–Crippen LogP) is -2.18. The van der Waals surface area contributed by atoms with Crippen LogP contribution in [0.5, 0.6) is 0 Å². The van der Waals surface area contributed by atoms with Crippen molar-refractivity contribution in [3.8, 4) is 0 Å². The van der Waals surface area contributed by atoms with Crippen LogP contribution in [0.1, 0.15) is 5.82 Å². The number of nitrogens with two attached hydrogens (primary N) is 1. The molecule has 1 rings (SSSR count). The Hall–Kier alpha value is -1.50. The van der Waals surface area contributed by atoms with Gasteiger partial charge in [-0.3, -0.25) is 4.79 Å². The van der Waals surface area contributed by atoms with Gasteiger partial charge in [0, 0.05) is 13.1 Å². The van der Waals surface area contributed by atoms with Crippen LogP contribution in [0.15, 0.2) is 0 Å². The first-order valence-electron chi connectivity index (χ1n) is 3.52. The molecule has 0 spiro atoms. The van der Waals surface area contributed by atoms with Crippen molar-refractivity contribution in [1.82, 2.24) is 25.9 Å². The first-order chi connectivity index (χ1) is 5.83. The Bertz CT molecular complexity index is 232. The third-order valence-corrected chi connectivity index (χ3v) is 1.17. The number of carbonyl (C=O) groups excluding carboxylic acids is 1. The highest BCUT2D eigenvalue weighted by atomic mass is 16.1. The molecule has 1 aromatic heterocycles. The van der Waals surface area contributed by atoms with Gasteiger partial charge < -0.3 is 11.1 Å². The maximum atomic E-state index is 11.0. The van der Waals surface area contributed by atoms with Crippen molar-refractivity contribution < 1.29 is 4.79 Å². The molecule has 0 fully saturated rings. The van der Waals surface area contributed by atoms with Crippen LogP contribution in [0.3, 0.4) is 0 Å². The van der Waals surface area contributed by atoms with Crippen molar-refractivity contribution in [3.63, 3.8) is 0 Å². The van der Waals surface area contributed by atoms with E-state index in [9.17, 15) is 4.79 Å². The van der Waals surface area contributed by atoms with Crippen molar-refractivity contribution in [2.45, 2.75) is 6.42 Å². The minimum Gasteiger partial charge on any atom is -0.354 e. The zero-order chi connectivity index (χ0) is 8.81. The second kappa shape index (κ2) is 4.39. The molecule has 0 saturated carbocycles. The van der Waals surface area contributed by atoms with E-state index in [1.807, 2.05) is 0 Å². The topological polar surface area (TPSA) is 110 Å². The highest BCUT2D eigenvalue weighted by molar-refractivity contribution is 5.77. The number of hydrogen-bond acceptors (Lipinski definition) is 5. The highest BCUT2D eigenvalue weighted by Crippen LogP contribution is 1.84. The number of aromatic amines is 1. The molecule has 0 unspecified atom stereocenters. The Balaban J connectivity index is 2.27. The molecular weight excluding hydrogens is 160 g/mol. The Morgan fingerprint density at radius 1 is 1.67 bits per heavy atom. The van der Waals surface area contributed by atoms with Gasteiger partial charge in [0.25, 0.3) is 0 Å². The summed E-state index contributed by atoms with van der Waals surface area (Å²) in [5, 5.41) is 15.4. The van der Waals surface area contributed by atoms with Gasteiger partial charge in [-0.05, 0) is 0 Å². The van der Waals surface area contributed by atoms with Crippen LogP contribution in [0.2, 0.25) is 0 Å². The molecule has 0 radical (unpaired) electrons. The van der Waals surface area contributed by atoms with Crippen molar-refractivity contribution in [1.29, 1.82) is 0 Å². The fourth-order valence-corrected chi connectivity index (χ4v) is 0.675. The number of carbonyl (C=O) groups is 1. The number of nitrogens with zero attached hydrogens (tertiary/aromatic N) is 3. The maximum absolute atomic E-state index is 11.0. The Morgan fingerprint density at radius 2 is 2.50 bits per heavy atom. The third kappa shape index (κ3) is 2.62. The molecule has 1 amide bonds. The third-order valence-electron chi connectivity index (χ3n) is 1.17. The number of H-pyrrole nitrogens is 1. The molecule has 4 N–H and O–H groups in total. The van der Waals surface area contributed by atoms with Gasteiger partial charge >= 0.3 is 0 Å². The molecule has 12 heavy (non-hydrogen) atoms. The lowest BCUT2D eigenvalue weighted by Crippen LogP contribution is -2.30. The van der Waals surface area contributed by atoms with E-state index in [4.69, 9.17) is 5.73 Å². The molecule has 7 nitrogen and oxygen atoms in total. The molecule has 0 aromatic carbocycles. The maximum Gasteiger partial charge on any atom is 0.227 e. The van der Waals surface area contributed by atoms with Crippen molar-refractivity contribution in [3.05, 3.63) is 5.82 Å². The first kappa shape index (κ1) is 8.60. The SMILES string of the molecule is NCCNC(=O)Cc1nn[nH]n1. The number of aromatic nitrogens is 4. The van der Waals surface area contributed by atoms with E-state index in [1.54, 1.807) is 0 Å². The summed E-state index contributed by atoms with van der Waals surface area (Å²) in [7, 11) is 0. The monoisotopic (exact) mass is 170 g/mol. The Kier molecular flexibility index (Phi) is 3.15. The van der Waals surface area contributed by atoms with Gasteiger partial charge in [-0.15, -0.1) is 10.2 Å². The average Bonchev–Trinajstić information content (AvgIpc) is 2.53. The van der Waals surface area contributed by atoms with E-state index in [0.717, 1.165) is 0 Å². The molecule has 0 bridgehead atoms. The van der Waals surface area contributed by atoms with Gasteiger partial charge in [-0.25, -0.2) is 0 Å². The summed E-state index contributed by atoms with van der Waals surface area (Å²) in [6, 6.07) is 0. The van der Waals surface area contributed by atoms with E-state index in [-0.39, 0.29) is 12.3 Å². The smallest absolute Gasteiger partial charge is 0.227 e. The lowest BCUT2D eigenvalue weighted by molar-refractivity contribution is -0.120. The van der Waals surface area contributed by atoms with Crippen LogP contribution >= 0.6 is 0 Å². The Morgan fingerprint density at radius 3 is 3.08 bits per heavy atom. The van der Waals surface area contributed by atoms with Crippen molar-refractivity contribution in [2.24, 2.45) is 5.73 Å². The zero-order valence-electron chi connectivity index (χ0n) is 6.45. The van der Waals surface area contributed by atoms with Crippen molar-refractivity contribution in [2.75, 3.05) is 13.1 Å². The molecule has 0 aliphatic carbocycles. The summed E-state index contributed by atoms with van der Waals surface area (Å²) in [6.45, 7) is 0.897. The first-order valence-corrected chi connectivity index (χ1v) is 3.52. The number of hydrogen-bond donors (Lipinski definition) is 3. The molecule has 0 atom stereocenters. The summed E-state index contributed by atoms with van der Waals surface area (Å²) in [4.78, 5) is 11.0. The van der Waals surface area contributed by atoms with Crippen LogP contribution in [0.25, 0.3) is 0 Å². The summed E-state index contributed by atoms with van der Waals surface area (Å²) < 4.78 is 0. The minimum atomic E-state index is -0.151. The summed E-state index contributed by atoms with van der Waals surface area (Å²) in [6.07, 6.45) is 0.135. The lowest BCUT2D eigenvalue weighted by Gasteiger charge is -1.98.